The van der Waals surface area contributed by atoms with E-state index in [-0.39, 0.29) is 31.5 Å². The van der Waals surface area contributed by atoms with Crippen LogP contribution in [0.2, 0.25) is 0 Å². The van der Waals surface area contributed by atoms with Gasteiger partial charge in [0.05, 0.1) is 0 Å². The molecule has 0 bridgehead atoms. The molecule has 0 atom stereocenters. The second-order valence-electron chi connectivity index (χ2n) is 1.90. The number of ether oxygens (including phenoxy) is 1. The number of carbonyl (C=O) groups is 2. The summed E-state index contributed by atoms with van der Waals surface area (Å²) < 4.78 is 4.28. The van der Waals surface area contributed by atoms with Gasteiger partial charge in [-0.05, 0) is 6.92 Å². The summed E-state index contributed by atoms with van der Waals surface area (Å²) in [4.78, 5) is 21.0. The maximum absolute atomic E-state index is 10.6. The van der Waals surface area contributed by atoms with Crippen molar-refractivity contribution in [2.45, 2.75) is 20.3 Å². The zero-order valence-corrected chi connectivity index (χ0v) is 9.81. The standard InChI is InChI=1S/C7H10O3.Zn/c1-4-6(8)10-7(9)5(2)3;/h2,4H2,1,3H3;. The van der Waals surface area contributed by atoms with Crippen LogP contribution in [-0.4, -0.2) is 11.9 Å². The molecule has 0 unspecified atom stereocenters. The summed E-state index contributed by atoms with van der Waals surface area (Å²) >= 11 is 0. The third-order valence-corrected chi connectivity index (χ3v) is 0.844. The Labute approximate surface area is 78.6 Å². The molecule has 11 heavy (non-hydrogen) atoms. The molecule has 0 saturated heterocycles. The van der Waals surface area contributed by atoms with Gasteiger partial charge in [-0.25, -0.2) is 4.79 Å². The van der Waals surface area contributed by atoms with Crippen LogP contribution in [-0.2, 0) is 33.8 Å². The monoisotopic (exact) mass is 206 g/mol. The molecule has 0 fully saturated rings. The summed E-state index contributed by atoms with van der Waals surface area (Å²) in [5, 5.41) is 0. The number of esters is 2. The molecular formula is C7H10O3Zn. The van der Waals surface area contributed by atoms with Crippen molar-refractivity contribution in [3.05, 3.63) is 12.2 Å². The van der Waals surface area contributed by atoms with Crippen molar-refractivity contribution in [1.29, 1.82) is 0 Å². The van der Waals surface area contributed by atoms with Crippen molar-refractivity contribution >= 4 is 11.9 Å². The van der Waals surface area contributed by atoms with Gasteiger partial charge < -0.3 is 4.74 Å². The van der Waals surface area contributed by atoms with Gasteiger partial charge in [0.1, 0.15) is 0 Å². The van der Waals surface area contributed by atoms with Crippen molar-refractivity contribution in [2.24, 2.45) is 0 Å². The molecule has 0 N–H and O–H groups in total. The first-order valence-corrected chi connectivity index (χ1v) is 2.98. The number of rotatable bonds is 2. The van der Waals surface area contributed by atoms with E-state index in [9.17, 15) is 9.59 Å². The van der Waals surface area contributed by atoms with Crippen LogP contribution in [0.4, 0.5) is 0 Å². The van der Waals surface area contributed by atoms with E-state index in [0.717, 1.165) is 0 Å². The van der Waals surface area contributed by atoms with Crippen LogP contribution in [0.5, 0.6) is 0 Å². The Morgan fingerprint density at radius 2 is 1.91 bits per heavy atom. The number of carbonyl (C=O) groups excluding carboxylic acids is 2. The zero-order chi connectivity index (χ0) is 8.15. The summed E-state index contributed by atoms with van der Waals surface area (Å²) in [5.41, 5.74) is 0.238. The Bertz CT molecular complexity index is 175. The molecule has 3 nitrogen and oxygen atoms in total. The summed E-state index contributed by atoms with van der Waals surface area (Å²) in [6.07, 6.45) is 0.207. The molecule has 0 aromatic carbocycles. The Morgan fingerprint density at radius 3 is 2.18 bits per heavy atom. The molecule has 0 amide bonds. The first-order valence-electron chi connectivity index (χ1n) is 2.98. The topological polar surface area (TPSA) is 43.4 Å². The Kier molecular flexibility index (Phi) is 7.43. The van der Waals surface area contributed by atoms with E-state index >= 15 is 0 Å². The van der Waals surface area contributed by atoms with Gasteiger partial charge in [0.25, 0.3) is 0 Å². The van der Waals surface area contributed by atoms with E-state index in [1.54, 1.807) is 6.92 Å². The maximum atomic E-state index is 10.6. The molecule has 0 aromatic rings. The molecule has 0 aromatic heterocycles. The second kappa shape index (κ2) is 6.23. The molecule has 0 radical (unpaired) electrons. The molecule has 0 heterocycles. The minimum absolute atomic E-state index is 0. The minimum atomic E-state index is -0.646. The molecule has 0 rings (SSSR count). The molecule has 0 aliphatic rings. The molecule has 4 heteroatoms. The first kappa shape index (κ1) is 13.1. The minimum Gasteiger partial charge on any atom is -0.390 e. The van der Waals surface area contributed by atoms with E-state index in [2.05, 4.69) is 11.3 Å². The van der Waals surface area contributed by atoms with Gasteiger partial charge in [-0.15, -0.1) is 0 Å². The second-order valence-corrected chi connectivity index (χ2v) is 1.90. The van der Waals surface area contributed by atoms with Crippen molar-refractivity contribution in [1.82, 2.24) is 0 Å². The van der Waals surface area contributed by atoms with Gasteiger partial charge in [0.15, 0.2) is 0 Å². The van der Waals surface area contributed by atoms with Crippen molar-refractivity contribution in [2.75, 3.05) is 0 Å². The normalized spacial score (nSPS) is 7.82. The summed E-state index contributed by atoms with van der Waals surface area (Å²) in [7, 11) is 0. The van der Waals surface area contributed by atoms with Crippen LogP contribution in [0, 0.1) is 0 Å². The van der Waals surface area contributed by atoms with Crippen molar-refractivity contribution in [3.8, 4) is 0 Å². The fraction of sp³-hybridized carbons (Fsp3) is 0.429. The van der Waals surface area contributed by atoms with Crippen LogP contribution >= 0.6 is 0 Å². The molecule has 58 valence electrons. The molecule has 0 aliphatic carbocycles. The van der Waals surface area contributed by atoms with Gasteiger partial charge in [-0.1, -0.05) is 13.5 Å². The van der Waals surface area contributed by atoms with Crippen LogP contribution in [0.1, 0.15) is 20.3 Å². The third-order valence-electron chi connectivity index (χ3n) is 0.844. The van der Waals surface area contributed by atoms with Crippen LogP contribution < -0.4 is 0 Å². The van der Waals surface area contributed by atoms with Gasteiger partial charge in [-0.2, -0.15) is 0 Å². The molecule has 0 spiro atoms. The quantitative estimate of drug-likeness (QED) is 0.294. The largest absolute Gasteiger partial charge is 0.390 e. The summed E-state index contributed by atoms with van der Waals surface area (Å²) in [5.74, 6) is -1.17. The van der Waals surface area contributed by atoms with Gasteiger partial charge in [0.2, 0.25) is 0 Å². The van der Waals surface area contributed by atoms with E-state index in [1.807, 2.05) is 0 Å². The smallest absolute Gasteiger partial charge is 0.340 e. The maximum Gasteiger partial charge on any atom is 0.340 e. The SMILES string of the molecule is C=C(C)C(=O)OC(=O)CC.[Zn]. The van der Waals surface area contributed by atoms with Crippen molar-refractivity contribution < 1.29 is 33.8 Å². The zero-order valence-electron chi connectivity index (χ0n) is 6.85. The molecular weight excluding hydrogens is 197 g/mol. The average Bonchev–Trinajstić information content (AvgIpc) is 1.87. The summed E-state index contributed by atoms with van der Waals surface area (Å²) in [6, 6.07) is 0. The Morgan fingerprint density at radius 1 is 1.45 bits per heavy atom. The first-order chi connectivity index (χ1) is 4.57. The number of hydrogen-bond donors (Lipinski definition) is 0. The van der Waals surface area contributed by atoms with E-state index in [0.29, 0.717) is 0 Å². The number of hydrogen-bond acceptors (Lipinski definition) is 3. The average molecular weight is 208 g/mol. The van der Waals surface area contributed by atoms with Crippen LogP contribution in [0.25, 0.3) is 0 Å². The van der Waals surface area contributed by atoms with E-state index in [4.69, 9.17) is 0 Å². The van der Waals surface area contributed by atoms with E-state index in [1.165, 1.54) is 6.92 Å². The molecule has 0 saturated carbocycles. The van der Waals surface area contributed by atoms with Gasteiger partial charge in [-0.3, -0.25) is 4.79 Å². The third kappa shape index (κ3) is 5.92. The fourth-order valence-electron chi connectivity index (χ4n) is 0.263. The fourth-order valence-corrected chi connectivity index (χ4v) is 0.263. The van der Waals surface area contributed by atoms with Gasteiger partial charge in [0, 0.05) is 31.5 Å². The Hall–Kier alpha value is -0.497. The van der Waals surface area contributed by atoms with Crippen molar-refractivity contribution in [3.63, 3.8) is 0 Å². The van der Waals surface area contributed by atoms with Gasteiger partial charge >= 0.3 is 11.9 Å². The van der Waals surface area contributed by atoms with Crippen LogP contribution in [0.3, 0.4) is 0 Å². The summed E-state index contributed by atoms with van der Waals surface area (Å²) in [6.45, 7) is 6.43. The van der Waals surface area contributed by atoms with Crippen LogP contribution in [0.15, 0.2) is 12.2 Å². The predicted octanol–water partition coefficient (Wildman–Crippen LogP) is 1.04. The Balaban J connectivity index is 0. The molecule has 0 aliphatic heterocycles. The van der Waals surface area contributed by atoms with E-state index < -0.39 is 11.9 Å². The predicted molar refractivity (Wildman–Crippen MR) is 36.2 cm³/mol.